The predicted molar refractivity (Wildman–Crippen MR) is 110 cm³/mol. The van der Waals surface area contributed by atoms with Crippen molar-refractivity contribution >= 4 is 29.9 Å². The molecule has 24 heavy (non-hydrogen) atoms. The third kappa shape index (κ3) is 7.36. The van der Waals surface area contributed by atoms with Gasteiger partial charge in [0.25, 0.3) is 0 Å². The molecule has 2 rings (SSSR count). The van der Waals surface area contributed by atoms with Gasteiger partial charge in [-0.2, -0.15) is 0 Å². The number of aliphatic imine (C=N–C) groups is 1. The topological polar surface area (TPSA) is 67.1 Å². The van der Waals surface area contributed by atoms with E-state index in [0.29, 0.717) is 6.04 Å². The maximum absolute atomic E-state index is 4.74. The number of hydrogen-bond acceptors (Lipinski definition) is 3. The van der Waals surface area contributed by atoms with Gasteiger partial charge in [-0.3, -0.25) is 4.99 Å². The van der Waals surface area contributed by atoms with Crippen LogP contribution < -0.4 is 10.6 Å². The highest BCUT2D eigenvalue weighted by atomic mass is 127. The van der Waals surface area contributed by atoms with Crippen molar-refractivity contribution in [3.8, 4) is 0 Å². The number of hydrogen-bond donors (Lipinski definition) is 2. The van der Waals surface area contributed by atoms with Gasteiger partial charge >= 0.3 is 0 Å². The van der Waals surface area contributed by atoms with Gasteiger partial charge in [0.05, 0.1) is 0 Å². The molecule has 1 aromatic rings. The minimum Gasteiger partial charge on any atom is -0.355 e. The molecule has 138 valence electrons. The van der Waals surface area contributed by atoms with Crippen LogP contribution in [0.1, 0.15) is 64.6 Å². The third-order valence-electron chi connectivity index (χ3n) is 4.38. The van der Waals surface area contributed by atoms with Gasteiger partial charge in [0.1, 0.15) is 12.2 Å². The fourth-order valence-electron chi connectivity index (χ4n) is 3.00. The molecule has 0 bridgehead atoms. The Hall–Kier alpha value is -0.860. The molecule has 0 spiro atoms. The van der Waals surface area contributed by atoms with Crippen LogP contribution in [0.3, 0.4) is 0 Å². The molecule has 1 heterocycles. The number of nitrogens with one attached hydrogen (secondary N) is 2. The van der Waals surface area contributed by atoms with Crippen molar-refractivity contribution in [1.82, 2.24) is 25.4 Å². The van der Waals surface area contributed by atoms with Crippen LogP contribution >= 0.6 is 24.0 Å². The highest BCUT2D eigenvalue weighted by Crippen LogP contribution is 2.17. The molecule has 0 saturated heterocycles. The molecule has 1 saturated carbocycles. The monoisotopic (exact) mass is 448 g/mol. The lowest BCUT2D eigenvalue weighted by Gasteiger charge is -2.17. The highest BCUT2D eigenvalue weighted by molar-refractivity contribution is 14.0. The zero-order valence-corrected chi connectivity index (χ0v) is 17.5. The average Bonchev–Trinajstić information content (AvgIpc) is 3.22. The highest BCUT2D eigenvalue weighted by Gasteiger charge is 2.15. The van der Waals surface area contributed by atoms with E-state index in [1.807, 2.05) is 6.33 Å². The Balaban J connectivity index is 0.00000288. The van der Waals surface area contributed by atoms with Crippen LogP contribution in [0.2, 0.25) is 0 Å². The van der Waals surface area contributed by atoms with Crippen LogP contribution in [0.4, 0.5) is 0 Å². The largest absolute Gasteiger partial charge is 0.355 e. The van der Waals surface area contributed by atoms with Gasteiger partial charge in [0.15, 0.2) is 5.96 Å². The van der Waals surface area contributed by atoms with Gasteiger partial charge < -0.3 is 15.2 Å². The molecule has 2 N–H and O–H groups in total. The molecule has 0 atom stereocenters. The van der Waals surface area contributed by atoms with E-state index in [2.05, 4.69) is 39.2 Å². The summed E-state index contributed by atoms with van der Waals surface area (Å²) in [5.74, 6) is 2.01. The SMILES string of the molecule is CCCCCN=C(NCCn1cnnc1CC)NC1CCCC1.I. The van der Waals surface area contributed by atoms with Crippen molar-refractivity contribution in [1.29, 1.82) is 0 Å². The molecule has 0 unspecified atom stereocenters. The van der Waals surface area contributed by atoms with Crippen molar-refractivity contribution in [3.05, 3.63) is 12.2 Å². The maximum atomic E-state index is 4.74. The molecule has 0 aromatic carbocycles. The number of aryl methyl sites for hydroxylation is 1. The minimum absolute atomic E-state index is 0. The minimum atomic E-state index is 0. The Kier molecular flexibility index (Phi) is 11.0. The molecular formula is C17H33IN6. The van der Waals surface area contributed by atoms with Gasteiger partial charge in [-0.25, -0.2) is 0 Å². The Morgan fingerprint density at radius 2 is 2.08 bits per heavy atom. The lowest BCUT2D eigenvalue weighted by molar-refractivity contribution is 0.591. The molecule has 1 aliphatic carbocycles. The standard InChI is InChI=1S/C17H32N6.HI/c1-3-5-8-11-18-17(21-15-9-6-7-10-15)19-12-13-23-14-20-22-16(23)4-2;/h14-15H,3-13H2,1-2H3,(H2,18,19,21);1H. The molecule has 1 fully saturated rings. The van der Waals surface area contributed by atoms with Gasteiger partial charge in [-0.05, 0) is 19.3 Å². The summed E-state index contributed by atoms with van der Waals surface area (Å²) in [6, 6.07) is 0.591. The van der Waals surface area contributed by atoms with Crippen molar-refractivity contribution in [2.45, 2.75) is 77.8 Å². The first-order valence-corrected chi connectivity index (χ1v) is 9.25. The number of aromatic nitrogens is 3. The number of rotatable bonds is 9. The first kappa shape index (κ1) is 21.2. The fourth-order valence-corrected chi connectivity index (χ4v) is 3.00. The molecule has 0 aliphatic heterocycles. The zero-order valence-electron chi connectivity index (χ0n) is 15.1. The van der Waals surface area contributed by atoms with E-state index in [4.69, 9.17) is 4.99 Å². The van der Waals surface area contributed by atoms with Crippen molar-refractivity contribution < 1.29 is 0 Å². The van der Waals surface area contributed by atoms with E-state index in [0.717, 1.165) is 37.8 Å². The van der Waals surface area contributed by atoms with Crippen LogP contribution in [-0.2, 0) is 13.0 Å². The number of unbranched alkanes of at least 4 members (excludes halogenated alkanes) is 2. The molecule has 1 aromatic heterocycles. The molecule has 7 heteroatoms. The maximum Gasteiger partial charge on any atom is 0.191 e. The van der Waals surface area contributed by atoms with Gasteiger partial charge in [-0.15, -0.1) is 34.2 Å². The number of halogens is 1. The second kappa shape index (κ2) is 12.5. The molecule has 0 amide bonds. The smallest absolute Gasteiger partial charge is 0.191 e. The summed E-state index contributed by atoms with van der Waals surface area (Å²) in [5, 5.41) is 15.2. The van der Waals surface area contributed by atoms with Gasteiger partial charge in [-0.1, -0.05) is 39.5 Å². The third-order valence-corrected chi connectivity index (χ3v) is 4.38. The molecular weight excluding hydrogens is 415 g/mol. The van der Waals surface area contributed by atoms with E-state index in [9.17, 15) is 0 Å². The van der Waals surface area contributed by atoms with E-state index in [-0.39, 0.29) is 24.0 Å². The van der Waals surface area contributed by atoms with Crippen molar-refractivity contribution in [3.63, 3.8) is 0 Å². The summed E-state index contributed by atoms with van der Waals surface area (Å²) in [6.07, 6.45) is 11.6. The summed E-state index contributed by atoms with van der Waals surface area (Å²) in [4.78, 5) is 4.74. The van der Waals surface area contributed by atoms with Crippen LogP contribution in [0.25, 0.3) is 0 Å². The van der Waals surface area contributed by atoms with Gasteiger partial charge in [0, 0.05) is 32.1 Å². The van der Waals surface area contributed by atoms with Crippen LogP contribution in [-0.4, -0.2) is 39.9 Å². The normalized spacial score (nSPS) is 15.3. The molecule has 1 aliphatic rings. The average molecular weight is 448 g/mol. The predicted octanol–water partition coefficient (Wildman–Crippen LogP) is 3.13. The van der Waals surface area contributed by atoms with Crippen LogP contribution in [0, 0.1) is 0 Å². The Bertz CT molecular complexity index is 467. The van der Waals surface area contributed by atoms with Crippen molar-refractivity contribution in [2.24, 2.45) is 4.99 Å². The lowest BCUT2D eigenvalue weighted by Crippen LogP contribution is -2.43. The summed E-state index contributed by atoms with van der Waals surface area (Å²) in [6.45, 7) is 6.96. The van der Waals surface area contributed by atoms with E-state index >= 15 is 0 Å². The second-order valence-corrected chi connectivity index (χ2v) is 6.28. The van der Waals surface area contributed by atoms with Crippen LogP contribution in [0.5, 0.6) is 0 Å². The summed E-state index contributed by atoms with van der Waals surface area (Å²) >= 11 is 0. The zero-order chi connectivity index (χ0) is 16.3. The summed E-state index contributed by atoms with van der Waals surface area (Å²) in [7, 11) is 0. The number of nitrogens with zero attached hydrogens (tertiary/aromatic N) is 4. The first-order valence-electron chi connectivity index (χ1n) is 9.25. The van der Waals surface area contributed by atoms with Crippen molar-refractivity contribution in [2.75, 3.05) is 13.1 Å². The lowest BCUT2D eigenvalue weighted by atomic mass is 10.2. The van der Waals surface area contributed by atoms with E-state index in [1.165, 1.54) is 44.9 Å². The Morgan fingerprint density at radius 3 is 2.79 bits per heavy atom. The quantitative estimate of drug-likeness (QED) is 0.264. The van der Waals surface area contributed by atoms with E-state index < -0.39 is 0 Å². The molecule has 6 nitrogen and oxygen atoms in total. The van der Waals surface area contributed by atoms with Gasteiger partial charge in [0.2, 0.25) is 0 Å². The number of guanidine groups is 1. The second-order valence-electron chi connectivity index (χ2n) is 6.28. The molecule has 0 radical (unpaired) electrons. The Labute approximate surface area is 163 Å². The Morgan fingerprint density at radius 1 is 1.29 bits per heavy atom. The summed E-state index contributed by atoms with van der Waals surface area (Å²) < 4.78 is 2.11. The first-order chi connectivity index (χ1) is 11.3. The van der Waals surface area contributed by atoms with Crippen LogP contribution in [0.15, 0.2) is 11.3 Å². The fraction of sp³-hybridized carbons (Fsp3) is 0.824. The summed E-state index contributed by atoms with van der Waals surface area (Å²) in [5.41, 5.74) is 0. The van der Waals surface area contributed by atoms with E-state index in [1.54, 1.807) is 0 Å².